The zero-order valence-corrected chi connectivity index (χ0v) is 17.9. The van der Waals surface area contributed by atoms with E-state index in [0.717, 1.165) is 24.2 Å². The molecular formula is C18H28N4O7S. The first-order chi connectivity index (χ1) is 14.1. The fourth-order valence-corrected chi connectivity index (χ4v) is 3.87. The molecule has 0 saturated carbocycles. The maximum absolute atomic E-state index is 11.7. The van der Waals surface area contributed by atoms with E-state index >= 15 is 0 Å². The van der Waals surface area contributed by atoms with Gasteiger partial charge in [0.05, 0.1) is 17.2 Å². The lowest BCUT2D eigenvalue weighted by atomic mass is 10.0. The SMILES string of the molecule is CCCCCN(OS(C)(=O)=O)c1cc(CC2CNCCN2C(=O)O)ccc1[N+](=O)[O-]. The van der Waals surface area contributed by atoms with Crippen molar-refractivity contribution in [2.24, 2.45) is 0 Å². The molecule has 1 heterocycles. The summed E-state index contributed by atoms with van der Waals surface area (Å²) in [5.41, 5.74) is 0.397. The first-order valence-corrected chi connectivity index (χ1v) is 11.6. The molecule has 2 N–H and O–H groups in total. The van der Waals surface area contributed by atoms with Gasteiger partial charge in [-0.25, -0.2) is 9.86 Å². The Morgan fingerprint density at radius 1 is 1.43 bits per heavy atom. The summed E-state index contributed by atoms with van der Waals surface area (Å²) in [4.78, 5) is 23.8. The molecule has 1 amide bonds. The molecule has 1 aromatic carbocycles. The molecule has 1 atom stereocenters. The van der Waals surface area contributed by atoms with E-state index in [2.05, 4.69) is 5.32 Å². The summed E-state index contributed by atoms with van der Waals surface area (Å²) in [6.45, 7) is 3.51. The number of carbonyl (C=O) groups is 1. The summed E-state index contributed by atoms with van der Waals surface area (Å²) in [5, 5.41) is 25.1. The highest BCUT2D eigenvalue weighted by Gasteiger charge is 2.28. The lowest BCUT2D eigenvalue weighted by Gasteiger charge is -2.34. The number of nitrogens with zero attached hydrogens (tertiary/aromatic N) is 3. The molecule has 1 saturated heterocycles. The molecule has 1 aromatic rings. The van der Waals surface area contributed by atoms with Crippen molar-refractivity contribution in [1.82, 2.24) is 10.2 Å². The molecule has 11 nitrogen and oxygen atoms in total. The average Bonchev–Trinajstić information content (AvgIpc) is 2.66. The molecule has 12 heteroatoms. The minimum absolute atomic E-state index is 0.0321. The predicted octanol–water partition coefficient (Wildman–Crippen LogP) is 1.98. The number of nitro groups is 1. The van der Waals surface area contributed by atoms with Crippen LogP contribution >= 0.6 is 0 Å². The first kappa shape index (κ1) is 23.8. The Labute approximate surface area is 175 Å². The molecule has 0 spiro atoms. The fraction of sp³-hybridized carbons (Fsp3) is 0.611. The van der Waals surface area contributed by atoms with Crippen molar-refractivity contribution in [3.8, 4) is 0 Å². The minimum atomic E-state index is -3.90. The van der Waals surface area contributed by atoms with Crippen molar-refractivity contribution in [3.63, 3.8) is 0 Å². The lowest BCUT2D eigenvalue weighted by Crippen LogP contribution is -2.54. The van der Waals surface area contributed by atoms with Crippen LogP contribution in [0.3, 0.4) is 0 Å². The highest BCUT2D eigenvalue weighted by atomic mass is 32.2. The fourth-order valence-electron chi connectivity index (χ4n) is 3.38. The van der Waals surface area contributed by atoms with Gasteiger partial charge in [-0.15, -0.1) is 4.28 Å². The molecule has 1 aliphatic rings. The molecular weight excluding hydrogens is 416 g/mol. The van der Waals surface area contributed by atoms with Gasteiger partial charge in [0.2, 0.25) is 0 Å². The van der Waals surface area contributed by atoms with Gasteiger partial charge in [0.15, 0.2) is 0 Å². The van der Waals surface area contributed by atoms with Crippen LogP contribution in [0.2, 0.25) is 0 Å². The van der Waals surface area contributed by atoms with Crippen LogP contribution in [-0.4, -0.2) is 67.9 Å². The van der Waals surface area contributed by atoms with Crippen LogP contribution in [-0.2, 0) is 20.8 Å². The highest BCUT2D eigenvalue weighted by Crippen LogP contribution is 2.31. The number of benzene rings is 1. The van der Waals surface area contributed by atoms with Gasteiger partial charge >= 0.3 is 6.09 Å². The number of hydrogen-bond acceptors (Lipinski definition) is 8. The molecule has 0 bridgehead atoms. The number of rotatable bonds is 10. The van der Waals surface area contributed by atoms with E-state index in [1.54, 1.807) is 6.07 Å². The molecule has 1 unspecified atom stereocenters. The van der Waals surface area contributed by atoms with Crippen LogP contribution in [0.4, 0.5) is 16.2 Å². The van der Waals surface area contributed by atoms with Gasteiger partial charge in [-0.1, -0.05) is 25.8 Å². The number of anilines is 1. The van der Waals surface area contributed by atoms with E-state index in [9.17, 15) is 28.4 Å². The van der Waals surface area contributed by atoms with Crippen LogP contribution in [0.1, 0.15) is 31.7 Å². The Morgan fingerprint density at radius 3 is 2.77 bits per heavy atom. The van der Waals surface area contributed by atoms with Crippen molar-refractivity contribution < 1.29 is 27.5 Å². The van der Waals surface area contributed by atoms with Crippen LogP contribution in [0, 0.1) is 10.1 Å². The predicted molar refractivity (Wildman–Crippen MR) is 111 cm³/mol. The number of nitro benzene ring substituents is 1. The molecule has 1 aliphatic heterocycles. The third-order valence-electron chi connectivity index (χ3n) is 4.76. The van der Waals surface area contributed by atoms with Gasteiger partial charge in [0.25, 0.3) is 15.8 Å². The molecule has 1 fully saturated rings. The van der Waals surface area contributed by atoms with Crippen LogP contribution in [0.15, 0.2) is 18.2 Å². The number of hydroxylamine groups is 1. The highest BCUT2D eigenvalue weighted by molar-refractivity contribution is 7.86. The van der Waals surface area contributed by atoms with Crippen LogP contribution in [0.25, 0.3) is 0 Å². The average molecular weight is 445 g/mol. The van der Waals surface area contributed by atoms with Crippen LogP contribution in [0.5, 0.6) is 0 Å². The van der Waals surface area contributed by atoms with Gasteiger partial charge in [0.1, 0.15) is 5.69 Å². The van der Waals surface area contributed by atoms with Gasteiger partial charge in [0, 0.05) is 32.2 Å². The third kappa shape index (κ3) is 6.82. The minimum Gasteiger partial charge on any atom is -0.465 e. The maximum atomic E-state index is 11.7. The lowest BCUT2D eigenvalue weighted by molar-refractivity contribution is -0.384. The monoisotopic (exact) mass is 444 g/mol. The standard InChI is InChI=1S/C18H28N4O7S/c1-3-4-5-9-21(29-30(2,27)28)17-12-14(6-7-16(17)22(25)26)11-15-13-19-8-10-20(15)18(23)24/h6-7,12,15,19H,3-5,8-11,13H2,1-2H3,(H,23,24). The quantitative estimate of drug-likeness (QED) is 0.314. The zero-order chi connectivity index (χ0) is 22.3. The number of unbranched alkanes of at least 4 members (excludes halogenated alkanes) is 2. The summed E-state index contributed by atoms with van der Waals surface area (Å²) >= 11 is 0. The maximum Gasteiger partial charge on any atom is 0.407 e. The van der Waals surface area contributed by atoms with Crippen molar-refractivity contribution in [2.75, 3.05) is 37.5 Å². The van der Waals surface area contributed by atoms with Crippen LogP contribution < -0.4 is 10.4 Å². The zero-order valence-electron chi connectivity index (χ0n) is 17.1. The second kappa shape index (κ2) is 10.5. The Balaban J connectivity index is 2.37. The summed E-state index contributed by atoms with van der Waals surface area (Å²) in [7, 11) is -3.90. The van der Waals surface area contributed by atoms with Crippen molar-refractivity contribution >= 4 is 27.6 Å². The number of carboxylic acid groups (broad SMARTS) is 1. The van der Waals surface area contributed by atoms with E-state index in [1.165, 1.54) is 17.0 Å². The molecule has 2 rings (SSSR count). The van der Waals surface area contributed by atoms with Crippen molar-refractivity contribution in [1.29, 1.82) is 0 Å². The summed E-state index contributed by atoms with van der Waals surface area (Å²) < 4.78 is 28.5. The summed E-state index contributed by atoms with van der Waals surface area (Å²) in [6, 6.07) is 4.02. The number of amides is 1. The smallest absolute Gasteiger partial charge is 0.407 e. The number of nitrogens with one attached hydrogen (secondary N) is 1. The van der Waals surface area contributed by atoms with E-state index < -0.39 is 21.1 Å². The van der Waals surface area contributed by atoms with Gasteiger partial charge in [-0.2, -0.15) is 8.42 Å². The second-order valence-electron chi connectivity index (χ2n) is 7.21. The molecule has 30 heavy (non-hydrogen) atoms. The Morgan fingerprint density at radius 2 is 2.17 bits per heavy atom. The van der Waals surface area contributed by atoms with E-state index in [0.29, 0.717) is 38.0 Å². The van der Waals surface area contributed by atoms with Gasteiger partial charge in [-0.05, 0) is 24.5 Å². The molecule has 0 aromatic heterocycles. The molecule has 0 aliphatic carbocycles. The van der Waals surface area contributed by atoms with Crippen molar-refractivity contribution in [3.05, 3.63) is 33.9 Å². The van der Waals surface area contributed by atoms with Gasteiger partial charge in [-0.3, -0.25) is 10.1 Å². The molecule has 0 radical (unpaired) electrons. The van der Waals surface area contributed by atoms with Gasteiger partial charge < -0.3 is 15.3 Å². The Kier molecular flexibility index (Phi) is 8.38. The number of hydrogen-bond donors (Lipinski definition) is 2. The van der Waals surface area contributed by atoms with E-state index in [4.69, 9.17) is 4.28 Å². The number of piperazine rings is 1. The van der Waals surface area contributed by atoms with E-state index in [1.807, 2.05) is 6.92 Å². The Bertz CT molecular complexity index is 862. The summed E-state index contributed by atoms with van der Waals surface area (Å²) in [6.07, 6.45) is 2.46. The topological polar surface area (TPSA) is 142 Å². The molecule has 168 valence electrons. The normalized spacial score (nSPS) is 17.0. The second-order valence-corrected chi connectivity index (χ2v) is 8.76. The third-order valence-corrected chi connectivity index (χ3v) is 5.21. The summed E-state index contributed by atoms with van der Waals surface area (Å²) in [5.74, 6) is 0. The van der Waals surface area contributed by atoms with E-state index in [-0.39, 0.29) is 24.0 Å². The van der Waals surface area contributed by atoms with Crippen molar-refractivity contribution in [2.45, 2.75) is 38.6 Å². The largest absolute Gasteiger partial charge is 0.465 e. The first-order valence-electron chi connectivity index (χ1n) is 9.77. The Hall–Kier alpha value is -2.44.